The normalized spacial score (nSPS) is 16.5. The van der Waals surface area contributed by atoms with Crippen molar-refractivity contribution in [3.8, 4) is 0 Å². The molecule has 0 atom stereocenters. The lowest BCUT2D eigenvalue weighted by Gasteiger charge is -2.19. The fourth-order valence-corrected chi connectivity index (χ4v) is 3.33. The zero-order chi connectivity index (χ0) is 16.2. The van der Waals surface area contributed by atoms with E-state index in [1.807, 2.05) is 18.2 Å². The van der Waals surface area contributed by atoms with Gasteiger partial charge in [0.2, 0.25) is 0 Å². The molecule has 1 aliphatic rings. The number of carbonyl (C=O) groups is 1. The maximum absolute atomic E-state index is 12.0. The van der Waals surface area contributed by atoms with E-state index in [2.05, 4.69) is 6.07 Å². The van der Waals surface area contributed by atoms with E-state index in [1.165, 1.54) is 52.6 Å². The second-order valence-electron chi connectivity index (χ2n) is 5.97. The average Bonchev–Trinajstić information content (AvgIpc) is 3.04. The minimum absolute atomic E-state index is 0.366. The van der Waals surface area contributed by atoms with Crippen LogP contribution in [0.15, 0.2) is 34.9 Å². The van der Waals surface area contributed by atoms with E-state index >= 15 is 0 Å². The van der Waals surface area contributed by atoms with Crippen LogP contribution in [0.1, 0.15) is 49.3 Å². The highest BCUT2D eigenvalue weighted by atomic mass is 16.5. The Morgan fingerprint density at radius 1 is 1.22 bits per heavy atom. The van der Waals surface area contributed by atoms with Gasteiger partial charge in [0.05, 0.1) is 20.5 Å². The molecular weight excluding hydrogens is 292 g/mol. The largest absolute Gasteiger partial charge is 0.503 e. The lowest BCUT2D eigenvalue weighted by molar-refractivity contribution is -0.133. The van der Waals surface area contributed by atoms with Crippen LogP contribution in [0.4, 0.5) is 0 Å². The topological polar surface area (TPSA) is 48.7 Å². The Balaban J connectivity index is 2.05. The molecule has 122 valence electrons. The van der Waals surface area contributed by atoms with Gasteiger partial charge in [0.1, 0.15) is 16.9 Å². The quantitative estimate of drug-likeness (QED) is 0.468. The molecule has 1 aliphatic carbocycles. The van der Waals surface area contributed by atoms with E-state index < -0.39 is 5.97 Å². The van der Waals surface area contributed by atoms with Crippen molar-refractivity contribution in [2.24, 2.45) is 0 Å². The lowest BCUT2D eigenvalue weighted by atomic mass is 9.87. The monoisotopic (exact) mass is 314 g/mol. The van der Waals surface area contributed by atoms with Gasteiger partial charge in [0.15, 0.2) is 0 Å². The molecule has 4 heteroatoms. The molecule has 0 radical (unpaired) electrons. The van der Waals surface area contributed by atoms with Crippen molar-refractivity contribution < 1.29 is 18.7 Å². The number of rotatable bonds is 4. The molecule has 0 unspecified atom stereocenters. The second-order valence-corrected chi connectivity index (χ2v) is 5.97. The third kappa shape index (κ3) is 3.11. The van der Waals surface area contributed by atoms with Gasteiger partial charge in [0.25, 0.3) is 0 Å². The number of methoxy groups -OCH3 is 2. The van der Waals surface area contributed by atoms with Gasteiger partial charge in [0, 0.05) is 16.9 Å². The smallest absolute Gasteiger partial charge is 0.341 e. The van der Waals surface area contributed by atoms with E-state index in [9.17, 15) is 4.79 Å². The summed E-state index contributed by atoms with van der Waals surface area (Å²) in [4.78, 5) is 12.0. The van der Waals surface area contributed by atoms with Crippen LogP contribution in [0, 0.1) is 0 Å². The number of carbonyl (C=O) groups excluding carboxylic acids is 1. The highest BCUT2D eigenvalue weighted by Crippen LogP contribution is 2.37. The summed E-state index contributed by atoms with van der Waals surface area (Å²) in [5, 5.41) is 1.01. The molecule has 1 fully saturated rings. The minimum atomic E-state index is -0.435. The molecule has 0 saturated heterocycles. The molecule has 4 nitrogen and oxygen atoms in total. The van der Waals surface area contributed by atoms with E-state index in [4.69, 9.17) is 13.9 Å². The van der Waals surface area contributed by atoms with Gasteiger partial charge in [-0.25, -0.2) is 4.79 Å². The maximum atomic E-state index is 12.0. The minimum Gasteiger partial charge on any atom is -0.503 e. The van der Waals surface area contributed by atoms with Gasteiger partial charge >= 0.3 is 5.97 Å². The van der Waals surface area contributed by atoms with Gasteiger partial charge in [-0.15, -0.1) is 0 Å². The summed E-state index contributed by atoms with van der Waals surface area (Å²) in [5.74, 6) is 1.07. The zero-order valence-electron chi connectivity index (χ0n) is 13.6. The number of ether oxygens (including phenoxy) is 2. The van der Waals surface area contributed by atoms with Crippen LogP contribution < -0.4 is 0 Å². The molecule has 0 amide bonds. The summed E-state index contributed by atoms with van der Waals surface area (Å²) in [6.45, 7) is 0. The molecule has 0 bridgehead atoms. The van der Waals surface area contributed by atoms with Gasteiger partial charge in [-0.05, 0) is 18.9 Å². The summed E-state index contributed by atoms with van der Waals surface area (Å²) >= 11 is 0. The van der Waals surface area contributed by atoms with Crippen molar-refractivity contribution in [3.05, 3.63) is 41.9 Å². The number of para-hydroxylation sites is 1. The second kappa shape index (κ2) is 6.90. The van der Waals surface area contributed by atoms with Crippen LogP contribution in [0.2, 0.25) is 0 Å². The van der Waals surface area contributed by atoms with Gasteiger partial charge in [-0.1, -0.05) is 37.5 Å². The van der Waals surface area contributed by atoms with Crippen molar-refractivity contribution >= 4 is 22.5 Å². The summed E-state index contributed by atoms with van der Waals surface area (Å²) in [6.07, 6.45) is 7.57. The van der Waals surface area contributed by atoms with E-state index in [-0.39, 0.29) is 0 Å². The summed E-state index contributed by atoms with van der Waals surface area (Å²) in [6, 6.07) is 7.90. The molecule has 2 aromatic rings. The highest BCUT2D eigenvalue weighted by molar-refractivity contribution is 6.19. The molecule has 1 aromatic carbocycles. The molecule has 1 aromatic heterocycles. The molecule has 1 saturated carbocycles. The predicted octanol–water partition coefficient (Wildman–Crippen LogP) is 4.64. The summed E-state index contributed by atoms with van der Waals surface area (Å²) in [5.41, 5.74) is 1.80. The van der Waals surface area contributed by atoms with Crippen molar-refractivity contribution in [1.82, 2.24) is 0 Å². The maximum Gasteiger partial charge on any atom is 0.341 e. The first-order valence-electron chi connectivity index (χ1n) is 8.08. The van der Waals surface area contributed by atoms with Crippen LogP contribution in [-0.2, 0) is 14.3 Å². The zero-order valence-corrected chi connectivity index (χ0v) is 13.6. The van der Waals surface area contributed by atoms with Crippen LogP contribution in [0.25, 0.3) is 16.5 Å². The summed E-state index contributed by atoms with van der Waals surface area (Å²) in [7, 11) is 2.88. The molecule has 3 rings (SSSR count). The number of hydrogen-bond acceptors (Lipinski definition) is 4. The number of fused-ring (bicyclic) bond motifs is 1. The Labute approximate surface area is 136 Å². The Bertz CT molecular complexity index is 720. The fraction of sp³-hybridized carbons (Fsp3) is 0.421. The van der Waals surface area contributed by atoms with Crippen molar-refractivity contribution in [2.75, 3.05) is 14.2 Å². The standard InChI is InChI=1S/C19H22O4/c1-21-12-16(19(20)22-2)15-10-6-9-14-11-17(23-18(14)15)13-7-4-3-5-8-13/h6,9-13H,3-5,7-8H2,1-2H3/b16-12+. The third-order valence-electron chi connectivity index (χ3n) is 4.50. The van der Waals surface area contributed by atoms with Crippen LogP contribution >= 0.6 is 0 Å². The first-order chi connectivity index (χ1) is 11.2. The van der Waals surface area contributed by atoms with Crippen LogP contribution in [0.3, 0.4) is 0 Å². The molecule has 0 aliphatic heterocycles. The Morgan fingerprint density at radius 3 is 2.70 bits per heavy atom. The molecule has 1 heterocycles. The first kappa shape index (κ1) is 15.7. The number of benzene rings is 1. The van der Waals surface area contributed by atoms with E-state index in [1.54, 1.807) is 0 Å². The number of furan rings is 1. The van der Waals surface area contributed by atoms with Crippen molar-refractivity contribution in [3.63, 3.8) is 0 Å². The van der Waals surface area contributed by atoms with Gasteiger partial charge in [-0.2, -0.15) is 0 Å². The number of esters is 1. The van der Waals surface area contributed by atoms with Crippen LogP contribution in [0.5, 0.6) is 0 Å². The Hall–Kier alpha value is -2.23. The average molecular weight is 314 g/mol. The van der Waals surface area contributed by atoms with E-state index in [0.29, 0.717) is 17.1 Å². The first-order valence-corrected chi connectivity index (χ1v) is 8.08. The van der Waals surface area contributed by atoms with Crippen molar-refractivity contribution in [2.45, 2.75) is 38.0 Å². The van der Waals surface area contributed by atoms with Gasteiger partial charge < -0.3 is 13.9 Å². The van der Waals surface area contributed by atoms with Crippen LogP contribution in [-0.4, -0.2) is 20.2 Å². The SMILES string of the molecule is CO/C=C(/C(=O)OC)c1cccc2cc(C3CCCCC3)oc12. The third-order valence-corrected chi connectivity index (χ3v) is 4.50. The van der Waals surface area contributed by atoms with Crippen molar-refractivity contribution in [1.29, 1.82) is 0 Å². The lowest BCUT2D eigenvalue weighted by Crippen LogP contribution is -2.04. The molecule has 23 heavy (non-hydrogen) atoms. The number of hydrogen-bond donors (Lipinski definition) is 0. The van der Waals surface area contributed by atoms with Gasteiger partial charge in [-0.3, -0.25) is 0 Å². The Morgan fingerprint density at radius 2 is 2.00 bits per heavy atom. The predicted molar refractivity (Wildman–Crippen MR) is 89.0 cm³/mol. The fourth-order valence-electron chi connectivity index (χ4n) is 3.33. The molecule has 0 N–H and O–H groups in total. The molecule has 0 spiro atoms. The summed E-state index contributed by atoms with van der Waals surface area (Å²) < 4.78 is 16.1. The molecular formula is C19H22O4. The Kier molecular flexibility index (Phi) is 4.70. The van der Waals surface area contributed by atoms with E-state index in [0.717, 1.165) is 16.7 Å². The highest BCUT2D eigenvalue weighted by Gasteiger charge is 2.22.